The highest BCUT2D eigenvalue weighted by Gasteiger charge is 2.57. The quantitative estimate of drug-likeness (QED) is 0.785. The van der Waals surface area contributed by atoms with Crippen molar-refractivity contribution in [1.82, 2.24) is 4.90 Å². The lowest BCUT2D eigenvalue weighted by Gasteiger charge is -2.29. The van der Waals surface area contributed by atoms with Crippen LogP contribution in [0.2, 0.25) is 0 Å². The average molecular weight is 316 g/mol. The molecule has 2 fully saturated rings. The van der Waals surface area contributed by atoms with Crippen LogP contribution in [-0.2, 0) is 19.0 Å². The largest absolute Gasteiger partial charge is 0.467 e. The van der Waals surface area contributed by atoms with E-state index < -0.39 is 17.7 Å². The molecule has 2 rings (SSSR count). The van der Waals surface area contributed by atoms with Gasteiger partial charge in [0.15, 0.2) is 0 Å². The summed E-state index contributed by atoms with van der Waals surface area (Å²) in [4.78, 5) is 25.2. The number of rotatable bonds is 3. The first-order valence-corrected chi connectivity index (χ1v) is 7.53. The second-order valence-corrected chi connectivity index (χ2v) is 6.51. The molecule has 22 heavy (non-hydrogen) atoms. The molecular formula is C15H28N2O5. The zero-order valence-corrected chi connectivity index (χ0v) is 14.1. The lowest BCUT2D eigenvalue weighted by atomic mass is 10.2. The Morgan fingerprint density at radius 2 is 1.86 bits per heavy atom. The number of nitrogens with zero attached hydrogens (tertiary/aromatic N) is 1. The summed E-state index contributed by atoms with van der Waals surface area (Å²) < 4.78 is 14.6. The van der Waals surface area contributed by atoms with E-state index in [9.17, 15) is 9.59 Å². The van der Waals surface area contributed by atoms with Crippen molar-refractivity contribution in [1.29, 1.82) is 0 Å². The third-order valence-electron chi connectivity index (χ3n) is 3.50. The fourth-order valence-electron chi connectivity index (χ4n) is 2.50. The van der Waals surface area contributed by atoms with Crippen LogP contribution in [0.25, 0.3) is 0 Å². The second-order valence-electron chi connectivity index (χ2n) is 6.51. The number of ether oxygens (including phenoxy) is 3. The van der Waals surface area contributed by atoms with Gasteiger partial charge in [0.1, 0.15) is 11.6 Å². The van der Waals surface area contributed by atoms with Gasteiger partial charge in [0.05, 0.1) is 13.7 Å². The molecule has 3 atom stereocenters. The molecule has 1 saturated heterocycles. The summed E-state index contributed by atoms with van der Waals surface area (Å²) >= 11 is 0. The van der Waals surface area contributed by atoms with Crippen LogP contribution in [0.1, 0.15) is 33.6 Å². The number of amides is 1. The number of fused-ring (bicyclic) bond motifs is 1. The maximum Gasteiger partial charge on any atom is 0.411 e. The number of piperidine rings is 1. The fraction of sp³-hybridized carbons (Fsp3) is 0.867. The first kappa shape index (κ1) is 18.7. The fourth-order valence-corrected chi connectivity index (χ4v) is 2.50. The minimum Gasteiger partial charge on any atom is -0.467 e. The Bertz CT molecular complexity index is 392. The number of nitrogens with two attached hydrogens (primary N) is 1. The monoisotopic (exact) mass is 316 g/mol. The summed E-state index contributed by atoms with van der Waals surface area (Å²) in [5.74, 6) is 0.106. The van der Waals surface area contributed by atoms with Gasteiger partial charge >= 0.3 is 12.1 Å². The van der Waals surface area contributed by atoms with Crippen LogP contribution in [0.4, 0.5) is 4.79 Å². The van der Waals surface area contributed by atoms with Crippen molar-refractivity contribution in [3.63, 3.8) is 0 Å². The maximum absolute atomic E-state index is 12.0. The molecule has 128 valence electrons. The summed E-state index contributed by atoms with van der Waals surface area (Å²) in [6, 6.07) is -0.285. The maximum atomic E-state index is 12.0. The lowest BCUT2D eigenvalue weighted by Crippen LogP contribution is -2.46. The van der Waals surface area contributed by atoms with Gasteiger partial charge in [-0.1, -0.05) is 0 Å². The van der Waals surface area contributed by atoms with Crippen LogP contribution in [-0.4, -0.2) is 62.0 Å². The van der Waals surface area contributed by atoms with Gasteiger partial charge in [-0.3, -0.25) is 4.90 Å². The molecule has 1 aliphatic heterocycles. The highest BCUT2D eigenvalue weighted by molar-refractivity contribution is 5.83. The van der Waals surface area contributed by atoms with Gasteiger partial charge < -0.3 is 19.9 Å². The van der Waals surface area contributed by atoms with E-state index >= 15 is 0 Å². The second kappa shape index (κ2) is 7.78. The summed E-state index contributed by atoms with van der Waals surface area (Å²) in [5, 5.41) is 0. The number of esters is 1. The van der Waals surface area contributed by atoms with Gasteiger partial charge in [-0.15, -0.1) is 0 Å². The number of hydrogen-bond donors (Lipinski definition) is 1. The number of methoxy groups -OCH3 is 2. The molecule has 0 aromatic carbocycles. The molecule has 1 heterocycles. The van der Waals surface area contributed by atoms with E-state index in [0.717, 1.165) is 6.42 Å². The van der Waals surface area contributed by atoms with E-state index in [4.69, 9.17) is 15.2 Å². The molecule has 1 amide bonds. The third-order valence-corrected chi connectivity index (χ3v) is 3.50. The zero-order chi connectivity index (χ0) is 16.9. The molecule has 1 saturated carbocycles. The minimum absolute atomic E-state index is 0.175. The molecule has 2 N–H and O–H groups in total. The number of hydrogen-bond acceptors (Lipinski definition) is 6. The number of carbonyl (C=O) groups is 2. The smallest absolute Gasteiger partial charge is 0.411 e. The average Bonchev–Trinajstić information content (AvgIpc) is 3.07. The van der Waals surface area contributed by atoms with Crippen LogP contribution in [0.15, 0.2) is 0 Å². The molecular weight excluding hydrogens is 288 g/mol. The predicted octanol–water partition coefficient (Wildman–Crippen LogP) is 1.15. The Morgan fingerprint density at radius 1 is 1.23 bits per heavy atom. The summed E-state index contributed by atoms with van der Waals surface area (Å²) in [6.07, 6.45) is 1.28. The van der Waals surface area contributed by atoms with Crippen molar-refractivity contribution in [3.05, 3.63) is 0 Å². The molecule has 0 aromatic heterocycles. The van der Waals surface area contributed by atoms with Gasteiger partial charge in [0.25, 0.3) is 0 Å². The Hall–Kier alpha value is -1.34. The van der Waals surface area contributed by atoms with Gasteiger partial charge in [-0.05, 0) is 39.5 Å². The van der Waals surface area contributed by atoms with Crippen molar-refractivity contribution in [3.8, 4) is 0 Å². The van der Waals surface area contributed by atoms with E-state index in [-0.39, 0.29) is 12.0 Å². The van der Waals surface area contributed by atoms with Crippen LogP contribution in [0, 0.1) is 5.92 Å². The molecule has 0 bridgehead atoms. The minimum atomic E-state index is -0.537. The molecule has 7 heteroatoms. The Kier molecular flexibility index (Phi) is 6.62. The highest BCUT2D eigenvalue weighted by Crippen LogP contribution is 2.48. The van der Waals surface area contributed by atoms with Gasteiger partial charge in [0.2, 0.25) is 0 Å². The van der Waals surface area contributed by atoms with Crippen molar-refractivity contribution in [2.45, 2.75) is 51.3 Å². The van der Waals surface area contributed by atoms with Crippen LogP contribution in [0.5, 0.6) is 0 Å². The zero-order valence-electron chi connectivity index (χ0n) is 14.1. The molecule has 1 aliphatic carbocycles. The molecule has 2 aliphatic rings. The van der Waals surface area contributed by atoms with E-state index in [2.05, 4.69) is 4.74 Å². The van der Waals surface area contributed by atoms with Gasteiger partial charge in [0, 0.05) is 19.7 Å². The number of carbonyl (C=O) groups excluding carboxylic acids is 2. The van der Waals surface area contributed by atoms with Crippen molar-refractivity contribution in [2.24, 2.45) is 11.7 Å². The molecule has 0 spiro atoms. The predicted molar refractivity (Wildman–Crippen MR) is 81.3 cm³/mol. The summed E-state index contributed by atoms with van der Waals surface area (Å²) in [6.45, 7) is 6.74. The van der Waals surface area contributed by atoms with E-state index in [1.54, 1.807) is 12.0 Å². The summed E-state index contributed by atoms with van der Waals surface area (Å²) in [5.41, 5.74) is 4.48. The van der Waals surface area contributed by atoms with Gasteiger partial charge in [-0.25, -0.2) is 9.59 Å². The molecule has 0 radical (unpaired) electrons. The first-order valence-electron chi connectivity index (χ1n) is 7.53. The highest BCUT2D eigenvalue weighted by atomic mass is 16.6. The van der Waals surface area contributed by atoms with Crippen molar-refractivity contribution in [2.75, 3.05) is 27.4 Å². The SMILES string of the molecule is COC(=O)C1CC2CC2N1C(=O)OC(C)(C)C.COCCN. The van der Waals surface area contributed by atoms with E-state index in [0.29, 0.717) is 25.5 Å². The summed E-state index contributed by atoms with van der Waals surface area (Å²) in [7, 11) is 2.98. The van der Waals surface area contributed by atoms with Crippen molar-refractivity contribution < 1.29 is 23.8 Å². The van der Waals surface area contributed by atoms with Crippen LogP contribution in [0.3, 0.4) is 0 Å². The van der Waals surface area contributed by atoms with Crippen LogP contribution < -0.4 is 5.73 Å². The molecule has 7 nitrogen and oxygen atoms in total. The molecule has 0 aromatic rings. The third kappa shape index (κ3) is 5.14. The van der Waals surface area contributed by atoms with E-state index in [1.807, 2.05) is 20.8 Å². The molecule has 3 unspecified atom stereocenters. The first-order chi connectivity index (χ1) is 10.2. The van der Waals surface area contributed by atoms with E-state index in [1.165, 1.54) is 7.11 Å². The topological polar surface area (TPSA) is 91.1 Å². The van der Waals surface area contributed by atoms with Crippen molar-refractivity contribution >= 4 is 12.1 Å². The number of likely N-dealkylation sites (tertiary alicyclic amines) is 1. The normalized spacial score (nSPS) is 25.7. The Balaban J connectivity index is 0.000000422. The van der Waals surface area contributed by atoms with Gasteiger partial charge in [-0.2, -0.15) is 0 Å². The Morgan fingerprint density at radius 3 is 2.27 bits per heavy atom. The van der Waals surface area contributed by atoms with Crippen LogP contribution >= 0.6 is 0 Å². The lowest BCUT2D eigenvalue weighted by molar-refractivity contribution is -0.146. The standard InChI is InChI=1S/C12H19NO4.C3H9NO/c1-12(2,3)17-11(15)13-8-5-7(8)6-9(13)10(14)16-4;1-5-3-2-4/h7-9H,5-6H2,1-4H3;2-4H2,1H3. The Labute approximate surface area is 132 Å².